The van der Waals surface area contributed by atoms with Gasteiger partial charge in [-0.05, 0) is 24.6 Å². The smallest absolute Gasteiger partial charge is 0.160 e. The first-order valence-electron chi connectivity index (χ1n) is 3.55. The molecular formula is C8H10FNO2. The average molecular weight is 170 g/mol. The van der Waals surface area contributed by atoms with Crippen LogP contribution in [0.4, 0.5) is 4.39 Å². The highest BCUT2D eigenvalue weighted by Gasteiger charge is 2.06. The van der Waals surface area contributed by atoms with Crippen LogP contribution in [0.2, 0.25) is 0 Å². The van der Waals surface area contributed by atoms with Gasteiger partial charge >= 0.3 is 0 Å². The minimum atomic E-state index is -0.546. The number of hydrogen-bond acceptors (Lipinski definition) is 3. The van der Waals surface area contributed by atoms with Gasteiger partial charge in [-0.1, -0.05) is 0 Å². The zero-order valence-corrected chi connectivity index (χ0v) is 6.42. The van der Waals surface area contributed by atoms with Crippen molar-refractivity contribution in [2.24, 2.45) is 5.73 Å². The summed E-state index contributed by atoms with van der Waals surface area (Å²) in [5.41, 5.74) is 5.52. The van der Waals surface area contributed by atoms with E-state index in [2.05, 4.69) is 0 Å². The lowest BCUT2D eigenvalue weighted by molar-refractivity contribution is 0.398. The Morgan fingerprint density at radius 2 is 1.83 bits per heavy atom. The molecule has 0 aliphatic carbocycles. The zero-order valence-electron chi connectivity index (χ0n) is 6.42. The summed E-state index contributed by atoms with van der Waals surface area (Å²) in [5, 5.41) is 17.9. The standard InChI is InChI=1S/C8H10FNO2/c9-6-4-8(12)7(11)3-5(6)1-2-10/h3-4,11-12H,1-2,10H2/i9-1. The maximum Gasteiger partial charge on any atom is 0.160 e. The Morgan fingerprint density at radius 1 is 1.25 bits per heavy atom. The van der Waals surface area contributed by atoms with Crippen LogP contribution in [0.1, 0.15) is 5.56 Å². The molecule has 4 heteroatoms. The molecule has 0 radical (unpaired) electrons. The van der Waals surface area contributed by atoms with Gasteiger partial charge in [0.05, 0.1) is 0 Å². The van der Waals surface area contributed by atoms with E-state index in [1.165, 1.54) is 6.07 Å². The lowest BCUT2D eigenvalue weighted by atomic mass is 10.1. The van der Waals surface area contributed by atoms with Crippen molar-refractivity contribution in [3.05, 3.63) is 23.5 Å². The normalized spacial score (nSPS) is 10.2. The van der Waals surface area contributed by atoms with Crippen molar-refractivity contribution in [2.75, 3.05) is 6.54 Å². The molecule has 0 aliphatic rings. The fourth-order valence-electron chi connectivity index (χ4n) is 0.942. The molecule has 0 aromatic heterocycles. The number of halogens is 1. The van der Waals surface area contributed by atoms with Crippen LogP contribution in [0.25, 0.3) is 0 Å². The van der Waals surface area contributed by atoms with Crippen LogP contribution in [0, 0.1) is 5.82 Å². The van der Waals surface area contributed by atoms with Crippen LogP contribution in [-0.2, 0) is 6.42 Å². The zero-order chi connectivity index (χ0) is 9.14. The third-order valence-corrected chi connectivity index (χ3v) is 1.56. The number of rotatable bonds is 2. The van der Waals surface area contributed by atoms with Crippen LogP contribution in [0.5, 0.6) is 11.5 Å². The first-order chi connectivity index (χ1) is 5.65. The highest BCUT2D eigenvalue weighted by atomic mass is 18.2. The number of phenols is 2. The van der Waals surface area contributed by atoms with E-state index in [9.17, 15) is 4.39 Å². The van der Waals surface area contributed by atoms with Gasteiger partial charge in [-0.3, -0.25) is 0 Å². The van der Waals surface area contributed by atoms with E-state index >= 15 is 0 Å². The number of aromatic hydroxyl groups is 2. The van der Waals surface area contributed by atoms with Gasteiger partial charge in [0, 0.05) is 6.07 Å². The van der Waals surface area contributed by atoms with E-state index in [1.807, 2.05) is 0 Å². The second-order valence-electron chi connectivity index (χ2n) is 2.47. The van der Waals surface area contributed by atoms with Crippen LogP contribution >= 0.6 is 0 Å². The Hall–Kier alpha value is -1.29. The van der Waals surface area contributed by atoms with Crippen LogP contribution in [-0.4, -0.2) is 16.8 Å². The SMILES string of the molecule is NCCc1cc(O)c(O)cc1[18F]. The molecule has 0 unspecified atom stereocenters. The number of phenolic OH excluding ortho intramolecular Hbond substituents is 2. The summed E-state index contributed by atoms with van der Waals surface area (Å²) in [7, 11) is 0. The Labute approximate surface area is 69.3 Å². The molecule has 0 atom stereocenters. The second kappa shape index (κ2) is 3.40. The van der Waals surface area contributed by atoms with Crippen LogP contribution in [0.15, 0.2) is 12.1 Å². The third-order valence-electron chi connectivity index (χ3n) is 1.56. The summed E-state index contributed by atoms with van der Waals surface area (Å²) >= 11 is 0. The molecule has 0 spiro atoms. The topological polar surface area (TPSA) is 66.5 Å². The predicted octanol–water partition coefficient (Wildman–Crippen LogP) is 0.738. The summed E-state index contributed by atoms with van der Waals surface area (Å²) in [6, 6.07) is 2.05. The Morgan fingerprint density at radius 3 is 2.42 bits per heavy atom. The largest absolute Gasteiger partial charge is 0.504 e. The van der Waals surface area contributed by atoms with Crippen molar-refractivity contribution in [3.8, 4) is 11.5 Å². The van der Waals surface area contributed by atoms with E-state index in [-0.39, 0.29) is 5.75 Å². The van der Waals surface area contributed by atoms with Crippen LogP contribution in [0.3, 0.4) is 0 Å². The highest BCUT2D eigenvalue weighted by molar-refractivity contribution is 5.41. The van der Waals surface area contributed by atoms with E-state index in [0.29, 0.717) is 18.5 Å². The van der Waals surface area contributed by atoms with Gasteiger partial charge in [0.1, 0.15) is 5.82 Å². The minimum absolute atomic E-state index is 0.307. The summed E-state index contributed by atoms with van der Waals surface area (Å²) in [5.74, 6) is -1.32. The molecule has 4 N–H and O–H groups in total. The molecule has 0 fully saturated rings. The van der Waals surface area contributed by atoms with Gasteiger partial charge in [0.2, 0.25) is 0 Å². The molecule has 0 aliphatic heterocycles. The van der Waals surface area contributed by atoms with Gasteiger partial charge in [0.15, 0.2) is 11.5 Å². The van der Waals surface area contributed by atoms with Gasteiger partial charge in [-0.15, -0.1) is 0 Å². The first kappa shape index (κ1) is 8.80. The molecule has 12 heavy (non-hydrogen) atoms. The van der Waals surface area contributed by atoms with Gasteiger partial charge in [-0.25, -0.2) is 4.39 Å². The van der Waals surface area contributed by atoms with Crippen molar-refractivity contribution in [3.63, 3.8) is 0 Å². The maximum absolute atomic E-state index is 12.9. The number of hydrogen-bond donors (Lipinski definition) is 3. The summed E-state index contributed by atoms with van der Waals surface area (Å²) in [6.45, 7) is 0.307. The monoisotopic (exact) mass is 170 g/mol. The second-order valence-corrected chi connectivity index (χ2v) is 2.47. The molecule has 0 bridgehead atoms. The van der Waals surface area contributed by atoms with Crippen LogP contribution < -0.4 is 5.73 Å². The number of nitrogens with two attached hydrogens (primary N) is 1. The van der Waals surface area contributed by atoms with E-state index in [1.54, 1.807) is 0 Å². The molecule has 66 valence electrons. The van der Waals surface area contributed by atoms with Gasteiger partial charge < -0.3 is 15.9 Å². The minimum Gasteiger partial charge on any atom is -0.504 e. The highest BCUT2D eigenvalue weighted by Crippen LogP contribution is 2.27. The molecule has 1 aromatic rings. The Bertz CT molecular complexity index is 289. The molecule has 1 rings (SSSR count). The first-order valence-corrected chi connectivity index (χ1v) is 3.55. The molecule has 0 amide bonds. The fraction of sp³-hybridized carbons (Fsp3) is 0.250. The van der Waals surface area contributed by atoms with Crippen molar-refractivity contribution >= 4 is 0 Å². The predicted molar refractivity (Wildman–Crippen MR) is 42.5 cm³/mol. The molecule has 0 saturated carbocycles. The lowest BCUT2D eigenvalue weighted by Gasteiger charge is -2.03. The summed E-state index contributed by atoms with van der Waals surface area (Å²) < 4.78 is 12.9. The van der Waals surface area contributed by atoms with Crippen molar-refractivity contribution < 1.29 is 14.6 Å². The van der Waals surface area contributed by atoms with E-state index in [0.717, 1.165) is 6.07 Å². The maximum atomic E-state index is 12.9. The molecule has 3 nitrogen and oxygen atoms in total. The molecule has 0 heterocycles. The third kappa shape index (κ3) is 1.65. The van der Waals surface area contributed by atoms with E-state index < -0.39 is 11.6 Å². The van der Waals surface area contributed by atoms with Crippen molar-refractivity contribution in [1.82, 2.24) is 0 Å². The van der Waals surface area contributed by atoms with E-state index in [4.69, 9.17) is 15.9 Å². The van der Waals surface area contributed by atoms with Gasteiger partial charge in [0.25, 0.3) is 0 Å². The molecule has 0 saturated heterocycles. The average Bonchev–Trinajstić information content (AvgIpc) is 2.01. The quantitative estimate of drug-likeness (QED) is 0.573. The fourth-order valence-corrected chi connectivity index (χ4v) is 0.942. The van der Waals surface area contributed by atoms with Gasteiger partial charge in [-0.2, -0.15) is 0 Å². The number of benzene rings is 1. The summed E-state index contributed by atoms with van der Waals surface area (Å²) in [4.78, 5) is 0. The van der Waals surface area contributed by atoms with Crippen molar-refractivity contribution in [1.29, 1.82) is 0 Å². The van der Waals surface area contributed by atoms with Crippen molar-refractivity contribution in [2.45, 2.75) is 6.42 Å². The molecule has 1 aromatic carbocycles. The Kier molecular flexibility index (Phi) is 2.50. The Balaban J connectivity index is 3.05. The molecular weight excluding hydrogens is 160 g/mol. The summed E-state index contributed by atoms with van der Waals surface area (Å²) in [6.07, 6.45) is 0.347. The lowest BCUT2D eigenvalue weighted by Crippen LogP contribution is -2.04.